The zero-order valence-corrected chi connectivity index (χ0v) is 17.1. The van der Waals surface area contributed by atoms with Crippen LogP contribution in [-0.4, -0.2) is 44.2 Å². The number of carbonyl (C=O) groups is 2. The van der Waals surface area contributed by atoms with Gasteiger partial charge in [0.05, 0.1) is 0 Å². The molecule has 0 saturated carbocycles. The van der Waals surface area contributed by atoms with Crippen molar-refractivity contribution in [3.63, 3.8) is 0 Å². The second-order valence-corrected chi connectivity index (χ2v) is 7.96. The van der Waals surface area contributed by atoms with E-state index in [2.05, 4.69) is 46.7 Å². The van der Waals surface area contributed by atoms with Crippen LogP contribution in [0.2, 0.25) is 0 Å². The zero-order chi connectivity index (χ0) is 20.4. The van der Waals surface area contributed by atoms with Gasteiger partial charge in [-0.1, -0.05) is 18.2 Å². The molecule has 0 atom stereocenters. The van der Waals surface area contributed by atoms with Crippen LogP contribution < -0.4 is 20.4 Å². The van der Waals surface area contributed by atoms with E-state index in [1.165, 1.54) is 11.3 Å². The van der Waals surface area contributed by atoms with Crippen LogP contribution in [0, 0.1) is 13.8 Å². The molecule has 2 fully saturated rings. The highest BCUT2D eigenvalue weighted by Gasteiger charge is 2.25. The van der Waals surface area contributed by atoms with Crippen LogP contribution in [0.15, 0.2) is 42.5 Å². The standard InChI is InChI=1S/C23H28N4O2/c1-16-4-3-5-20(14-16)26-11-8-19(9-12-26)25-22(28)18-7-6-17(2)21(15-18)27-13-10-24-23(27)29/h3-7,14-15,19H,8-13H2,1-2H3,(H,24,29)(H,25,28). The Bertz CT molecular complexity index is 919. The van der Waals surface area contributed by atoms with Crippen molar-refractivity contribution in [2.75, 3.05) is 36.0 Å². The maximum Gasteiger partial charge on any atom is 0.322 e. The van der Waals surface area contributed by atoms with Crippen molar-refractivity contribution in [1.29, 1.82) is 0 Å². The second kappa shape index (κ2) is 8.15. The summed E-state index contributed by atoms with van der Waals surface area (Å²) in [5.41, 5.74) is 4.92. The second-order valence-electron chi connectivity index (χ2n) is 7.96. The third kappa shape index (κ3) is 4.21. The first-order valence-corrected chi connectivity index (χ1v) is 10.3. The van der Waals surface area contributed by atoms with E-state index in [1.807, 2.05) is 25.1 Å². The molecule has 2 aliphatic heterocycles. The Hall–Kier alpha value is -3.02. The molecule has 0 spiro atoms. The molecule has 0 radical (unpaired) electrons. The van der Waals surface area contributed by atoms with Crippen molar-refractivity contribution in [2.45, 2.75) is 32.7 Å². The molecule has 2 N–H and O–H groups in total. The Balaban J connectivity index is 1.38. The number of rotatable bonds is 4. The van der Waals surface area contributed by atoms with Gasteiger partial charge in [0.1, 0.15) is 0 Å². The lowest BCUT2D eigenvalue weighted by atomic mass is 10.0. The molecule has 0 aromatic heterocycles. The van der Waals surface area contributed by atoms with Gasteiger partial charge in [-0.15, -0.1) is 0 Å². The van der Waals surface area contributed by atoms with Gasteiger partial charge in [-0.2, -0.15) is 0 Å². The first-order valence-electron chi connectivity index (χ1n) is 10.3. The quantitative estimate of drug-likeness (QED) is 0.840. The molecule has 2 aromatic carbocycles. The number of hydrogen-bond donors (Lipinski definition) is 2. The van der Waals surface area contributed by atoms with Crippen molar-refractivity contribution in [3.8, 4) is 0 Å². The summed E-state index contributed by atoms with van der Waals surface area (Å²) in [5, 5.41) is 5.99. The maximum absolute atomic E-state index is 12.8. The molecular weight excluding hydrogens is 364 g/mol. The summed E-state index contributed by atoms with van der Waals surface area (Å²) < 4.78 is 0. The average molecular weight is 393 g/mol. The summed E-state index contributed by atoms with van der Waals surface area (Å²) in [4.78, 5) is 28.9. The monoisotopic (exact) mass is 392 g/mol. The van der Waals surface area contributed by atoms with Gasteiger partial charge in [0.2, 0.25) is 0 Å². The minimum absolute atomic E-state index is 0.0696. The zero-order valence-electron chi connectivity index (χ0n) is 17.1. The number of piperidine rings is 1. The molecule has 6 nitrogen and oxygen atoms in total. The molecule has 2 aromatic rings. The van der Waals surface area contributed by atoms with Crippen LogP contribution in [0.25, 0.3) is 0 Å². The van der Waals surface area contributed by atoms with Crippen LogP contribution in [0.5, 0.6) is 0 Å². The molecule has 29 heavy (non-hydrogen) atoms. The molecule has 6 heteroatoms. The van der Waals surface area contributed by atoms with Crippen molar-refractivity contribution < 1.29 is 9.59 Å². The number of hydrogen-bond acceptors (Lipinski definition) is 3. The number of amides is 3. The van der Waals surface area contributed by atoms with Crippen molar-refractivity contribution in [1.82, 2.24) is 10.6 Å². The largest absolute Gasteiger partial charge is 0.371 e. The highest BCUT2D eigenvalue weighted by atomic mass is 16.2. The van der Waals surface area contributed by atoms with Gasteiger partial charge in [0, 0.05) is 49.2 Å². The highest BCUT2D eigenvalue weighted by molar-refractivity contribution is 5.99. The van der Waals surface area contributed by atoms with Gasteiger partial charge in [-0.3, -0.25) is 9.69 Å². The molecule has 2 heterocycles. The third-order valence-corrected chi connectivity index (χ3v) is 5.82. The summed E-state index contributed by atoms with van der Waals surface area (Å²) >= 11 is 0. The summed E-state index contributed by atoms with van der Waals surface area (Å²) in [5.74, 6) is -0.0696. The Labute approximate surface area is 171 Å². The number of urea groups is 1. The fourth-order valence-corrected chi connectivity index (χ4v) is 4.12. The molecule has 0 bridgehead atoms. The predicted molar refractivity (Wildman–Crippen MR) is 116 cm³/mol. The van der Waals surface area contributed by atoms with E-state index in [9.17, 15) is 9.59 Å². The van der Waals surface area contributed by atoms with Crippen LogP contribution in [0.1, 0.15) is 34.3 Å². The van der Waals surface area contributed by atoms with Crippen LogP contribution in [-0.2, 0) is 0 Å². The summed E-state index contributed by atoms with van der Waals surface area (Å²) in [7, 11) is 0. The molecular formula is C23H28N4O2. The number of anilines is 2. The number of benzene rings is 2. The van der Waals surface area contributed by atoms with Crippen molar-refractivity contribution in [2.24, 2.45) is 0 Å². The first kappa shape index (κ1) is 19.3. The van der Waals surface area contributed by atoms with Gasteiger partial charge in [-0.05, 0) is 62.1 Å². The van der Waals surface area contributed by atoms with E-state index in [1.54, 1.807) is 4.90 Å². The molecule has 152 valence electrons. The number of nitrogens with zero attached hydrogens (tertiary/aromatic N) is 2. The predicted octanol–water partition coefficient (Wildman–Crippen LogP) is 3.23. The number of aryl methyl sites for hydroxylation is 2. The van der Waals surface area contributed by atoms with Crippen molar-refractivity contribution >= 4 is 23.3 Å². The van der Waals surface area contributed by atoms with Gasteiger partial charge >= 0.3 is 6.03 Å². The normalized spacial score (nSPS) is 17.4. The molecule has 2 saturated heterocycles. The maximum atomic E-state index is 12.8. The molecule has 0 unspecified atom stereocenters. The summed E-state index contributed by atoms with van der Waals surface area (Å²) in [6, 6.07) is 14.2. The highest BCUT2D eigenvalue weighted by Crippen LogP contribution is 2.24. The van der Waals surface area contributed by atoms with Gasteiger partial charge in [0.15, 0.2) is 0 Å². The SMILES string of the molecule is Cc1cccc(N2CCC(NC(=O)c3ccc(C)c(N4CCNC4=O)c3)CC2)c1. The Morgan fingerprint density at radius 3 is 2.55 bits per heavy atom. The van der Waals surface area contributed by atoms with Gasteiger partial charge in [-0.25, -0.2) is 4.79 Å². The van der Waals surface area contributed by atoms with Gasteiger partial charge < -0.3 is 15.5 Å². The number of carbonyl (C=O) groups excluding carboxylic acids is 2. The Morgan fingerprint density at radius 1 is 1.07 bits per heavy atom. The van der Waals surface area contributed by atoms with Crippen LogP contribution in [0.3, 0.4) is 0 Å². The lowest BCUT2D eigenvalue weighted by molar-refractivity contribution is 0.0931. The summed E-state index contributed by atoms with van der Waals surface area (Å²) in [6.45, 7) is 7.20. The topological polar surface area (TPSA) is 64.7 Å². The van der Waals surface area contributed by atoms with E-state index in [4.69, 9.17) is 0 Å². The number of nitrogens with one attached hydrogen (secondary N) is 2. The molecule has 0 aliphatic carbocycles. The average Bonchev–Trinajstić information content (AvgIpc) is 3.14. The van der Waals surface area contributed by atoms with E-state index in [-0.39, 0.29) is 18.0 Å². The van der Waals surface area contributed by atoms with E-state index < -0.39 is 0 Å². The smallest absolute Gasteiger partial charge is 0.322 e. The fourth-order valence-electron chi connectivity index (χ4n) is 4.12. The lowest BCUT2D eigenvalue weighted by Crippen LogP contribution is -2.44. The fraction of sp³-hybridized carbons (Fsp3) is 0.391. The third-order valence-electron chi connectivity index (χ3n) is 5.82. The molecule has 3 amide bonds. The van der Waals surface area contributed by atoms with Crippen LogP contribution >= 0.6 is 0 Å². The van der Waals surface area contributed by atoms with Crippen molar-refractivity contribution in [3.05, 3.63) is 59.2 Å². The van der Waals surface area contributed by atoms with E-state index in [0.717, 1.165) is 37.2 Å². The Morgan fingerprint density at radius 2 is 1.86 bits per heavy atom. The minimum Gasteiger partial charge on any atom is -0.371 e. The van der Waals surface area contributed by atoms with E-state index >= 15 is 0 Å². The van der Waals surface area contributed by atoms with Crippen LogP contribution in [0.4, 0.5) is 16.2 Å². The summed E-state index contributed by atoms with van der Waals surface area (Å²) in [6.07, 6.45) is 1.85. The minimum atomic E-state index is -0.103. The van der Waals surface area contributed by atoms with Gasteiger partial charge in [0.25, 0.3) is 5.91 Å². The lowest BCUT2D eigenvalue weighted by Gasteiger charge is -2.34. The van der Waals surface area contributed by atoms with E-state index in [0.29, 0.717) is 18.7 Å². The molecule has 2 aliphatic rings. The first-order chi connectivity index (χ1) is 14.0. The molecule has 4 rings (SSSR count). The Kier molecular flexibility index (Phi) is 5.43.